The van der Waals surface area contributed by atoms with Gasteiger partial charge in [0.1, 0.15) is 11.3 Å². The van der Waals surface area contributed by atoms with Gasteiger partial charge in [0, 0.05) is 30.9 Å². The van der Waals surface area contributed by atoms with Crippen LogP contribution in [0, 0.1) is 25.5 Å². The van der Waals surface area contributed by atoms with Gasteiger partial charge in [0.25, 0.3) is 5.91 Å². The van der Waals surface area contributed by atoms with E-state index < -0.39 is 17.5 Å². The quantitative estimate of drug-likeness (QED) is 0.833. The van der Waals surface area contributed by atoms with E-state index >= 15 is 0 Å². The number of nitrogens with zero attached hydrogens (tertiary/aromatic N) is 3. The summed E-state index contributed by atoms with van der Waals surface area (Å²) >= 11 is 0. The standard InChI is InChI=1S/C18H21F2N3O2/c1-10-13(11(2)22(3)21-10)9-23(12-5-6-12)18(24)16-15(25-4)8-7-14(19)17(16)20/h7-8,12H,5-6,9H2,1-4H3. The largest absolute Gasteiger partial charge is 0.496 e. The third-order valence-corrected chi connectivity index (χ3v) is 4.73. The van der Waals surface area contributed by atoms with Crippen LogP contribution in [0.3, 0.4) is 0 Å². The molecule has 1 aliphatic rings. The first-order chi connectivity index (χ1) is 11.8. The molecule has 7 heteroatoms. The van der Waals surface area contributed by atoms with Crippen molar-refractivity contribution in [2.75, 3.05) is 7.11 Å². The van der Waals surface area contributed by atoms with Crippen molar-refractivity contribution in [2.45, 2.75) is 39.3 Å². The molecule has 25 heavy (non-hydrogen) atoms. The molecule has 0 radical (unpaired) electrons. The molecule has 3 rings (SSSR count). The Bertz CT molecular complexity index is 828. The second-order valence-electron chi connectivity index (χ2n) is 6.38. The summed E-state index contributed by atoms with van der Waals surface area (Å²) in [5.41, 5.74) is 2.35. The van der Waals surface area contributed by atoms with E-state index in [2.05, 4.69) is 5.10 Å². The van der Waals surface area contributed by atoms with Gasteiger partial charge in [0.2, 0.25) is 0 Å². The third kappa shape index (κ3) is 3.10. The second kappa shape index (κ2) is 6.46. The molecule has 1 aromatic heterocycles. The Balaban J connectivity index is 2.00. The monoisotopic (exact) mass is 349 g/mol. The number of ether oxygens (including phenoxy) is 1. The smallest absolute Gasteiger partial charge is 0.261 e. The average molecular weight is 349 g/mol. The Labute approximate surface area is 145 Å². The van der Waals surface area contributed by atoms with Crippen LogP contribution in [0.15, 0.2) is 12.1 Å². The molecule has 1 aromatic carbocycles. The highest BCUT2D eigenvalue weighted by Crippen LogP contribution is 2.34. The summed E-state index contributed by atoms with van der Waals surface area (Å²) in [7, 11) is 3.17. The summed E-state index contributed by atoms with van der Waals surface area (Å²) < 4.78 is 34.8. The lowest BCUT2D eigenvalue weighted by Gasteiger charge is -2.24. The molecule has 0 spiro atoms. The number of hydrogen-bond donors (Lipinski definition) is 0. The minimum absolute atomic E-state index is 0.0267. The summed E-state index contributed by atoms with van der Waals surface area (Å²) in [6.45, 7) is 4.11. The number of aryl methyl sites for hydroxylation is 2. The van der Waals surface area contributed by atoms with Gasteiger partial charge in [-0.3, -0.25) is 9.48 Å². The molecule has 0 atom stereocenters. The molecule has 0 bridgehead atoms. The van der Waals surface area contributed by atoms with Crippen molar-refractivity contribution in [3.8, 4) is 5.75 Å². The predicted octanol–water partition coefficient (Wildman–Crippen LogP) is 3.13. The average Bonchev–Trinajstić information content (AvgIpc) is 3.38. The SMILES string of the molecule is COc1ccc(F)c(F)c1C(=O)N(Cc1c(C)nn(C)c1C)C1CC1. The second-order valence-corrected chi connectivity index (χ2v) is 6.38. The highest BCUT2D eigenvalue weighted by Gasteiger charge is 2.36. The van der Waals surface area contributed by atoms with Crippen molar-refractivity contribution >= 4 is 5.91 Å². The lowest BCUT2D eigenvalue weighted by molar-refractivity contribution is 0.0719. The highest BCUT2D eigenvalue weighted by atomic mass is 19.2. The first-order valence-electron chi connectivity index (χ1n) is 8.17. The first kappa shape index (κ1) is 17.4. The van der Waals surface area contributed by atoms with E-state index in [0.717, 1.165) is 35.9 Å². The molecule has 0 N–H and O–H groups in total. The first-order valence-corrected chi connectivity index (χ1v) is 8.17. The van der Waals surface area contributed by atoms with Gasteiger partial charge in [-0.1, -0.05) is 0 Å². The lowest BCUT2D eigenvalue weighted by Crippen LogP contribution is -2.34. The van der Waals surface area contributed by atoms with E-state index in [-0.39, 0.29) is 17.4 Å². The van der Waals surface area contributed by atoms with Crippen LogP contribution in [0.25, 0.3) is 0 Å². The van der Waals surface area contributed by atoms with Crippen LogP contribution in [0.4, 0.5) is 8.78 Å². The van der Waals surface area contributed by atoms with Gasteiger partial charge in [-0.25, -0.2) is 8.78 Å². The van der Waals surface area contributed by atoms with Crippen LogP contribution in [-0.2, 0) is 13.6 Å². The lowest BCUT2D eigenvalue weighted by atomic mass is 10.1. The van der Waals surface area contributed by atoms with E-state index in [4.69, 9.17) is 4.74 Å². The van der Waals surface area contributed by atoms with Gasteiger partial charge in [-0.05, 0) is 38.8 Å². The summed E-state index contributed by atoms with van der Waals surface area (Å²) in [5, 5.41) is 4.36. The molecule has 0 saturated heterocycles. The number of benzene rings is 1. The maximum atomic E-state index is 14.3. The van der Waals surface area contributed by atoms with Crippen LogP contribution < -0.4 is 4.74 Å². The van der Waals surface area contributed by atoms with Gasteiger partial charge in [-0.2, -0.15) is 5.10 Å². The molecular formula is C18H21F2N3O2. The minimum Gasteiger partial charge on any atom is -0.496 e. The topological polar surface area (TPSA) is 47.4 Å². The molecule has 2 aromatic rings. The van der Waals surface area contributed by atoms with Crippen LogP contribution >= 0.6 is 0 Å². The van der Waals surface area contributed by atoms with Gasteiger partial charge in [0.15, 0.2) is 11.6 Å². The molecule has 5 nitrogen and oxygen atoms in total. The zero-order chi connectivity index (χ0) is 18.3. The maximum absolute atomic E-state index is 14.3. The fraction of sp³-hybridized carbons (Fsp3) is 0.444. The summed E-state index contributed by atoms with van der Waals surface area (Å²) in [4.78, 5) is 14.6. The molecule has 1 fully saturated rings. The Hall–Kier alpha value is -2.44. The van der Waals surface area contributed by atoms with E-state index in [0.29, 0.717) is 6.54 Å². The van der Waals surface area contributed by atoms with Crippen LogP contribution in [-0.4, -0.2) is 33.7 Å². The van der Waals surface area contributed by atoms with Crippen LogP contribution in [0.2, 0.25) is 0 Å². The van der Waals surface area contributed by atoms with Gasteiger partial charge < -0.3 is 9.64 Å². The molecule has 1 saturated carbocycles. The van der Waals surface area contributed by atoms with Crippen molar-refractivity contribution in [1.82, 2.24) is 14.7 Å². The fourth-order valence-electron chi connectivity index (χ4n) is 3.02. The van der Waals surface area contributed by atoms with E-state index in [9.17, 15) is 13.6 Å². The minimum atomic E-state index is -1.17. The number of amides is 1. The number of carbonyl (C=O) groups is 1. The maximum Gasteiger partial charge on any atom is 0.261 e. The number of halogens is 2. The van der Waals surface area contributed by atoms with Crippen molar-refractivity contribution in [3.63, 3.8) is 0 Å². The zero-order valence-corrected chi connectivity index (χ0v) is 14.8. The normalized spacial score (nSPS) is 13.8. The number of carbonyl (C=O) groups excluding carboxylic acids is 1. The summed E-state index contributed by atoms with van der Waals surface area (Å²) in [5.74, 6) is -2.75. The molecular weight excluding hydrogens is 328 g/mol. The van der Waals surface area contributed by atoms with E-state index in [1.807, 2.05) is 20.9 Å². The molecule has 1 amide bonds. The van der Waals surface area contributed by atoms with Gasteiger partial charge in [0.05, 0.1) is 12.8 Å². The summed E-state index contributed by atoms with van der Waals surface area (Å²) in [6, 6.07) is 2.26. The predicted molar refractivity (Wildman–Crippen MR) is 88.5 cm³/mol. The van der Waals surface area contributed by atoms with Crippen molar-refractivity contribution < 1.29 is 18.3 Å². The van der Waals surface area contributed by atoms with Crippen molar-refractivity contribution in [3.05, 3.63) is 46.3 Å². The highest BCUT2D eigenvalue weighted by molar-refractivity contribution is 5.97. The molecule has 1 heterocycles. The molecule has 0 aliphatic heterocycles. The Morgan fingerprint density at radius 1 is 1.36 bits per heavy atom. The molecule has 0 unspecified atom stereocenters. The molecule has 1 aliphatic carbocycles. The van der Waals surface area contributed by atoms with Gasteiger partial charge >= 0.3 is 0 Å². The Morgan fingerprint density at radius 2 is 2.04 bits per heavy atom. The summed E-state index contributed by atoms with van der Waals surface area (Å²) in [6.07, 6.45) is 1.70. The van der Waals surface area contributed by atoms with Crippen LogP contribution in [0.1, 0.15) is 40.2 Å². The third-order valence-electron chi connectivity index (χ3n) is 4.73. The molecule has 134 valence electrons. The number of methoxy groups -OCH3 is 1. The zero-order valence-electron chi connectivity index (χ0n) is 14.8. The van der Waals surface area contributed by atoms with Crippen LogP contribution in [0.5, 0.6) is 5.75 Å². The van der Waals surface area contributed by atoms with E-state index in [1.54, 1.807) is 9.58 Å². The van der Waals surface area contributed by atoms with E-state index in [1.165, 1.54) is 13.2 Å². The Kier molecular flexibility index (Phi) is 4.49. The van der Waals surface area contributed by atoms with Crippen molar-refractivity contribution in [1.29, 1.82) is 0 Å². The number of hydrogen-bond acceptors (Lipinski definition) is 3. The fourth-order valence-corrected chi connectivity index (χ4v) is 3.02. The van der Waals surface area contributed by atoms with Gasteiger partial charge in [-0.15, -0.1) is 0 Å². The Morgan fingerprint density at radius 3 is 2.56 bits per heavy atom. The van der Waals surface area contributed by atoms with Crippen molar-refractivity contribution in [2.24, 2.45) is 7.05 Å². The number of rotatable bonds is 5. The number of aromatic nitrogens is 2.